The van der Waals surface area contributed by atoms with Crippen LogP contribution >= 0.6 is 51.5 Å². The van der Waals surface area contributed by atoms with Crippen LogP contribution in [-0.4, -0.2) is 18.2 Å². The highest BCUT2D eigenvalue weighted by molar-refractivity contribution is 14.0. The van der Waals surface area contributed by atoms with Gasteiger partial charge in [0.25, 0.3) is 0 Å². The molecular weight excluding hydrogens is 518 g/mol. The average Bonchev–Trinajstić information content (AvgIpc) is 2.98. The Morgan fingerprint density at radius 2 is 1.96 bits per heavy atom. The molecule has 2 N–H and O–H groups in total. The Balaban J connectivity index is 0.00000312. The molecule has 1 aromatic heterocycles. The number of halogens is 3. The number of aliphatic imine (C=N–C) groups is 1. The first kappa shape index (κ1) is 22.2. The Labute approximate surface area is 179 Å². The lowest BCUT2D eigenvalue weighted by Gasteiger charge is -2.13. The summed E-state index contributed by atoms with van der Waals surface area (Å²) in [5.41, 5.74) is 3.12. The van der Waals surface area contributed by atoms with Gasteiger partial charge in [-0.15, -0.1) is 24.0 Å². The Kier molecular flexibility index (Phi) is 9.81. The highest BCUT2D eigenvalue weighted by Gasteiger charge is 2.13. The molecule has 0 saturated heterocycles. The van der Waals surface area contributed by atoms with Crippen LogP contribution in [0.15, 0.2) is 32.2 Å². The predicted octanol–water partition coefficient (Wildman–Crippen LogP) is 4.70. The van der Waals surface area contributed by atoms with Crippen LogP contribution in [0.4, 0.5) is 0 Å². The standard InChI is InChI=1S/C17H22BrClN4O.HI/c1-4-15-13(16(5-2)24-23-15)10-22-17(20-3)21-9-11-6-7-12(18)8-14(11)19;/h6-8H,4-5,9-10H2,1-3H3,(H2,20,21,22);1H. The van der Waals surface area contributed by atoms with Gasteiger partial charge in [0.15, 0.2) is 5.96 Å². The van der Waals surface area contributed by atoms with Gasteiger partial charge in [-0.1, -0.05) is 52.6 Å². The maximum atomic E-state index is 6.24. The molecule has 1 heterocycles. The van der Waals surface area contributed by atoms with Gasteiger partial charge in [-0.3, -0.25) is 4.99 Å². The molecule has 0 fully saturated rings. The van der Waals surface area contributed by atoms with Gasteiger partial charge in [0, 0.05) is 41.6 Å². The second-order valence-corrected chi connectivity index (χ2v) is 6.58. The summed E-state index contributed by atoms with van der Waals surface area (Å²) >= 11 is 9.65. The van der Waals surface area contributed by atoms with Crippen molar-refractivity contribution in [1.82, 2.24) is 15.8 Å². The summed E-state index contributed by atoms with van der Waals surface area (Å²) in [4.78, 5) is 4.25. The second-order valence-electron chi connectivity index (χ2n) is 5.25. The number of benzene rings is 1. The van der Waals surface area contributed by atoms with E-state index in [-0.39, 0.29) is 24.0 Å². The van der Waals surface area contributed by atoms with Crippen molar-refractivity contribution in [2.75, 3.05) is 7.05 Å². The summed E-state index contributed by atoms with van der Waals surface area (Å²) in [7, 11) is 1.74. The normalized spacial score (nSPS) is 11.2. The van der Waals surface area contributed by atoms with Crippen molar-refractivity contribution >= 4 is 57.5 Å². The average molecular weight is 542 g/mol. The third-order valence-corrected chi connectivity index (χ3v) is 4.57. The van der Waals surface area contributed by atoms with Gasteiger partial charge < -0.3 is 15.2 Å². The second kappa shape index (κ2) is 11.0. The lowest BCUT2D eigenvalue weighted by Crippen LogP contribution is -2.36. The third kappa shape index (κ3) is 6.14. The third-order valence-electron chi connectivity index (χ3n) is 3.72. The van der Waals surface area contributed by atoms with E-state index in [4.69, 9.17) is 16.1 Å². The maximum Gasteiger partial charge on any atom is 0.191 e. The summed E-state index contributed by atoms with van der Waals surface area (Å²) in [6, 6.07) is 5.83. The van der Waals surface area contributed by atoms with E-state index in [1.165, 1.54) is 0 Å². The fraction of sp³-hybridized carbons (Fsp3) is 0.412. The number of nitrogens with zero attached hydrogens (tertiary/aromatic N) is 2. The van der Waals surface area contributed by atoms with Crippen molar-refractivity contribution in [3.8, 4) is 0 Å². The molecule has 0 aliphatic carbocycles. The van der Waals surface area contributed by atoms with Crippen molar-refractivity contribution in [2.45, 2.75) is 39.8 Å². The van der Waals surface area contributed by atoms with Crippen molar-refractivity contribution in [2.24, 2.45) is 4.99 Å². The molecule has 5 nitrogen and oxygen atoms in total. The minimum Gasteiger partial charge on any atom is -0.361 e. The van der Waals surface area contributed by atoms with E-state index in [9.17, 15) is 0 Å². The summed E-state index contributed by atoms with van der Waals surface area (Å²) in [6.07, 6.45) is 1.67. The SMILES string of the molecule is CCc1noc(CC)c1CNC(=NC)NCc1ccc(Br)cc1Cl.I. The molecule has 0 aliphatic rings. The number of nitrogens with one attached hydrogen (secondary N) is 2. The summed E-state index contributed by atoms with van der Waals surface area (Å²) < 4.78 is 6.35. The first-order chi connectivity index (χ1) is 11.6. The Hall–Kier alpha value is -0.800. The van der Waals surface area contributed by atoms with Crippen LogP contribution in [-0.2, 0) is 25.9 Å². The van der Waals surface area contributed by atoms with E-state index >= 15 is 0 Å². The van der Waals surface area contributed by atoms with E-state index in [0.717, 1.165) is 39.9 Å². The smallest absolute Gasteiger partial charge is 0.191 e. The largest absolute Gasteiger partial charge is 0.361 e. The zero-order valence-electron chi connectivity index (χ0n) is 14.5. The zero-order valence-corrected chi connectivity index (χ0v) is 19.2. The fourth-order valence-corrected chi connectivity index (χ4v) is 3.11. The van der Waals surface area contributed by atoms with Crippen LogP contribution in [0.3, 0.4) is 0 Å². The van der Waals surface area contributed by atoms with E-state index in [2.05, 4.69) is 50.6 Å². The molecule has 0 radical (unpaired) electrons. The molecule has 8 heteroatoms. The minimum absolute atomic E-state index is 0. The molecular formula is C17H23BrClIN4O. The molecule has 2 rings (SSSR count). The van der Waals surface area contributed by atoms with Crippen LogP contribution in [0.25, 0.3) is 0 Å². The van der Waals surface area contributed by atoms with E-state index in [1.54, 1.807) is 7.05 Å². The van der Waals surface area contributed by atoms with Crippen LogP contribution in [0.5, 0.6) is 0 Å². The number of rotatable bonds is 6. The Bertz CT molecular complexity index is 699. The van der Waals surface area contributed by atoms with Crippen molar-refractivity contribution < 1.29 is 4.52 Å². The van der Waals surface area contributed by atoms with Gasteiger partial charge >= 0.3 is 0 Å². The molecule has 0 bridgehead atoms. The molecule has 25 heavy (non-hydrogen) atoms. The van der Waals surface area contributed by atoms with Gasteiger partial charge in [0.1, 0.15) is 5.76 Å². The molecule has 0 spiro atoms. The summed E-state index contributed by atoms with van der Waals surface area (Å²) in [6.45, 7) is 5.36. The van der Waals surface area contributed by atoms with Gasteiger partial charge in [0.2, 0.25) is 0 Å². The summed E-state index contributed by atoms with van der Waals surface area (Å²) in [5.74, 6) is 1.63. The number of guanidine groups is 1. The molecule has 1 aromatic carbocycles. The number of aromatic nitrogens is 1. The van der Waals surface area contributed by atoms with Crippen LogP contribution in [0, 0.1) is 0 Å². The lowest BCUT2D eigenvalue weighted by atomic mass is 10.1. The van der Waals surface area contributed by atoms with Gasteiger partial charge in [-0.05, 0) is 24.1 Å². The molecule has 0 unspecified atom stereocenters. The lowest BCUT2D eigenvalue weighted by molar-refractivity contribution is 0.380. The zero-order chi connectivity index (χ0) is 17.5. The Morgan fingerprint density at radius 1 is 1.24 bits per heavy atom. The maximum absolute atomic E-state index is 6.24. The van der Waals surface area contributed by atoms with E-state index in [0.29, 0.717) is 24.1 Å². The molecule has 2 aromatic rings. The molecule has 138 valence electrons. The highest BCUT2D eigenvalue weighted by atomic mass is 127. The molecule has 0 saturated carbocycles. The van der Waals surface area contributed by atoms with Crippen LogP contribution in [0.1, 0.15) is 36.4 Å². The van der Waals surface area contributed by atoms with Gasteiger partial charge in [-0.2, -0.15) is 0 Å². The predicted molar refractivity (Wildman–Crippen MR) is 117 cm³/mol. The monoisotopic (exact) mass is 540 g/mol. The quantitative estimate of drug-likeness (QED) is 0.316. The highest BCUT2D eigenvalue weighted by Crippen LogP contribution is 2.21. The Morgan fingerprint density at radius 3 is 2.56 bits per heavy atom. The van der Waals surface area contributed by atoms with Gasteiger partial charge in [0.05, 0.1) is 5.69 Å². The first-order valence-electron chi connectivity index (χ1n) is 7.93. The first-order valence-corrected chi connectivity index (χ1v) is 9.10. The van der Waals surface area contributed by atoms with Crippen LogP contribution < -0.4 is 10.6 Å². The molecule has 0 aliphatic heterocycles. The fourth-order valence-electron chi connectivity index (χ4n) is 2.37. The molecule has 0 amide bonds. The van der Waals surface area contributed by atoms with Crippen molar-refractivity contribution in [1.29, 1.82) is 0 Å². The topological polar surface area (TPSA) is 62.5 Å². The number of hydrogen-bond donors (Lipinski definition) is 2. The van der Waals surface area contributed by atoms with Crippen LogP contribution in [0.2, 0.25) is 5.02 Å². The van der Waals surface area contributed by atoms with E-state index in [1.807, 2.05) is 18.2 Å². The minimum atomic E-state index is 0. The van der Waals surface area contributed by atoms with Crippen molar-refractivity contribution in [3.63, 3.8) is 0 Å². The van der Waals surface area contributed by atoms with Crippen molar-refractivity contribution in [3.05, 3.63) is 50.3 Å². The summed E-state index contributed by atoms with van der Waals surface area (Å²) in [5, 5.41) is 11.4. The van der Waals surface area contributed by atoms with Gasteiger partial charge in [-0.25, -0.2) is 0 Å². The van der Waals surface area contributed by atoms with E-state index < -0.39 is 0 Å². The number of hydrogen-bond acceptors (Lipinski definition) is 3. The number of aryl methyl sites for hydroxylation is 2. The molecule has 0 atom stereocenters.